The molecule has 0 fully saturated rings. The highest BCUT2D eigenvalue weighted by atomic mass is 15.1. The van der Waals surface area contributed by atoms with Gasteiger partial charge in [-0.3, -0.25) is 4.99 Å². The lowest BCUT2D eigenvalue weighted by Gasteiger charge is -2.16. The molecule has 2 heterocycles. The third-order valence-corrected chi connectivity index (χ3v) is 1.67. The molecule has 0 aromatic rings. The Bertz CT molecular complexity index is 228. The lowest BCUT2D eigenvalue weighted by Crippen LogP contribution is -2.44. The van der Waals surface area contributed by atoms with Gasteiger partial charge in [0.2, 0.25) is 0 Å². The van der Waals surface area contributed by atoms with E-state index in [2.05, 4.69) is 15.3 Å². The lowest BCUT2D eigenvalue weighted by molar-refractivity contribution is 0.719. The van der Waals surface area contributed by atoms with E-state index in [9.17, 15) is 0 Å². The standard InChI is InChI=1S/C6H8N4/c7-6-5-4(1-2-8-6)9-3-10-5/h1-5H,(H2,7,8)(H,9,10). The zero-order chi connectivity index (χ0) is 6.97. The van der Waals surface area contributed by atoms with Gasteiger partial charge in [0.05, 0.1) is 12.4 Å². The molecule has 2 unspecified atom stereocenters. The van der Waals surface area contributed by atoms with Crippen LogP contribution in [0, 0.1) is 0 Å². The normalized spacial score (nSPS) is 35.0. The van der Waals surface area contributed by atoms with Crippen molar-refractivity contribution in [1.82, 2.24) is 5.32 Å². The fraction of sp³-hybridized carbons (Fsp3) is 0.333. The summed E-state index contributed by atoms with van der Waals surface area (Å²) in [6.45, 7) is 0. The Hall–Kier alpha value is -1.32. The van der Waals surface area contributed by atoms with Crippen LogP contribution in [0.2, 0.25) is 0 Å². The summed E-state index contributed by atoms with van der Waals surface area (Å²) >= 11 is 0. The van der Waals surface area contributed by atoms with E-state index in [1.165, 1.54) is 0 Å². The number of rotatable bonds is 0. The Labute approximate surface area is 58.5 Å². The van der Waals surface area contributed by atoms with Gasteiger partial charge in [0, 0.05) is 6.20 Å². The van der Waals surface area contributed by atoms with Gasteiger partial charge in [0.25, 0.3) is 0 Å². The van der Waals surface area contributed by atoms with Crippen LogP contribution in [0.15, 0.2) is 22.3 Å². The van der Waals surface area contributed by atoms with Crippen LogP contribution in [0.5, 0.6) is 0 Å². The summed E-state index contributed by atoms with van der Waals surface area (Å²) in [5, 5.41) is 3.01. The summed E-state index contributed by atoms with van der Waals surface area (Å²) in [6.07, 6.45) is 5.30. The van der Waals surface area contributed by atoms with Crippen LogP contribution in [-0.2, 0) is 0 Å². The van der Waals surface area contributed by atoms with Crippen molar-refractivity contribution in [2.24, 2.45) is 15.7 Å². The molecule has 0 aromatic carbocycles. The summed E-state index contributed by atoms with van der Waals surface area (Å²) in [6, 6.07) is 0.266. The van der Waals surface area contributed by atoms with Crippen molar-refractivity contribution in [1.29, 1.82) is 0 Å². The van der Waals surface area contributed by atoms with Gasteiger partial charge in [0.1, 0.15) is 11.9 Å². The van der Waals surface area contributed by atoms with E-state index in [0.29, 0.717) is 5.84 Å². The van der Waals surface area contributed by atoms with Crippen LogP contribution in [-0.4, -0.2) is 24.3 Å². The molecule has 2 rings (SSSR count). The van der Waals surface area contributed by atoms with E-state index in [1.54, 1.807) is 12.5 Å². The number of nitrogens with zero attached hydrogens (tertiary/aromatic N) is 2. The van der Waals surface area contributed by atoms with Gasteiger partial charge in [-0.2, -0.15) is 0 Å². The first kappa shape index (κ1) is 5.46. The summed E-state index contributed by atoms with van der Waals surface area (Å²) in [4.78, 5) is 8.07. The van der Waals surface area contributed by atoms with Gasteiger partial charge in [-0.05, 0) is 6.08 Å². The van der Waals surface area contributed by atoms with Crippen LogP contribution in [0.4, 0.5) is 0 Å². The monoisotopic (exact) mass is 136 g/mol. The fourth-order valence-electron chi connectivity index (χ4n) is 1.11. The molecule has 0 amide bonds. The predicted molar refractivity (Wildman–Crippen MR) is 40.0 cm³/mol. The Balaban J connectivity index is 2.29. The minimum atomic E-state index is 0.102. The fourth-order valence-corrected chi connectivity index (χ4v) is 1.11. The summed E-state index contributed by atoms with van der Waals surface area (Å²) in [5.41, 5.74) is 5.58. The molecule has 0 spiro atoms. The number of amidine groups is 1. The van der Waals surface area contributed by atoms with Crippen molar-refractivity contribution in [3.05, 3.63) is 12.3 Å². The third kappa shape index (κ3) is 0.618. The van der Waals surface area contributed by atoms with Gasteiger partial charge >= 0.3 is 0 Å². The first-order valence-electron chi connectivity index (χ1n) is 3.15. The molecule has 0 saturated carbocycles. The Morgan fingerprint density at radius 1 is 1.60 bits per heavy atom. The van der Waals surface area contributed by atoms with E-state index >= 15 is 0 Å². The summed E-state index contributed by atoms with van der Waals surface area (Å²) in [7, 11) is 0. The zero-order valence-electron chi connectivity index (χ0n) is 5.36. The molecule has 4 nitrogen and oxygen atoms in total. The molecule has 0 radical (unpaired) electrons. The molecule has 2 aliphatic heterocycles. The highest BCUT2D eigenvalue weighted by molar-refractivity contribution is 5.91. The molecule has 2 aliphatic rings. The van der Waals surface area contributed by atoms with Crippen molar-refractivity contribution in [3.63, 3.8) is 0 Å². The Morgan fingerprint density at radius 2 is 2.50 bits per heavy atom. The SMILES string of the molecule is NC1=NC=CC2N=CNC12. The van der Waals surface area contributed by atoms with E-state index in [-0.39, 0.29) is 12.1 Å². The van der Waals surface area contributed by atoms with Crippen molar-refractivity contribution >= 4 is 12.2 Å². The molecular formula is C6H8N4. The average Bonchev–Trinajstić information content (AvgIpc) is 2.36. The van der Waals surface area contributed by atoms with Crippen molar-refractivity contribution in [2.45, 2.75) is 12.1 Å². The molecular weight excluding hydrogens is 128 g/mol. The molecule has 0 aromatic heterocycles. The number of nitrogens with one attached hydrogen (secondary N) is 1. The molecule has 0 bridgehead atoms. The average molecular weight is 136 g/mol. The highest BCUT2D eigenvalue weighted by Gasteiger charge is 2.26. The van der Waals surface area contributed by atoms with Gasteiger partial charge in [-0.25, -0.2) is 4.99 Å². The van der Waals surface area contributed by atoms with E-state index in [0.717, 1.165) is 0 Å². The van der Waals surface area contributed by atoms with E-state index in [1.807, 2.05) is 6.08 Å². The topological polar surface area (TPSA) is 62.8 Å². The van der Waals surface area contributed by atoms with Crippen LogP contribution in [0.1, 0.15) is 0 Å². The molecule has 0 aliphatic carbocycles. The maximum Gasteiger partial charge on any atom is 0.124 e. The van der Waals surface area contributed by atoms with E-state index < -0.39 is 0 Å². The van der Waals surface area contributed by atoms with Gasteiger partial charge in [0.15, 0.2) is 0 Å². The zero-order valence-corrected chi connectivity index (χ0v) is 5.36. The molecule has 4 heteroatoms. The number of hydrogen-bond acceptors (Lipinski definition) is 4. The first-order chi connectivity index (χ1) is 4.88. The first-order valence-corrected chi connectivity index (χ1v) is 3.15. The Morgan fingerprint density at radius 3 is 3.30 bits per heavy atom. The quantitative estimate of drug-likeness (QED) is 0.459. The second-order valence-electron chi connectivity index (χ2n) is 2.31. The second-order valence-corrected chi connectivity index (χ2v) is 2.31. The molecule has 3 N–H and O–H groups in total. The van der Waals surface area contributed by atoms with Crippen molar-refractivity contribution in [3.8, 4) is 0 Å². The lowest BCUT2D eigenvalue weighted by atomic mass is 10.1. The minimum Gasteiger partial charge on any atom is -0.385 e. The van der Waals surface area contributed by atoms with Crippen LogP contribution < -0.4 is 11.1 Å². The largest absolute Gasteiger partial charge is 0.385 e. The van der Waals surface area contributed by atoms with Crippen LogP contribution in [0.25, 0.3) is 0 Å². The Kier molecular flexibility index (Phi) is 1.00. The van der Waals surface area contributed by atoms with E-state index in [4.69, 9.17) is 5.73 Å². The number of hydrogen-bond donors (Lipinski definition) is 2. The van der Waals surface area contributed by atoms with Gasteiger partial charge in [-0.1, -0.05) is 0 Å². The minimum absolute atomic E-state index is 0.102. The van der Waals surface area contributed by atoms with Gasteiger partial charge in [-0.15, -0.1) is 0 Å². The molecule has 10 heavy (non-hydrogen) atoms. The van der Waals surface area contributed by atoms with Gasteiger partial charge < -0.3 is 11.1 Å². The van der Waals surface area contributed by atoms with Crippen molar-refractivity contribution < 1.29 is 0 Å². The van der Waals surface area contributed by atoms with Crippen molar-refractivity contribution in [2.75, 3.05) is 0 Å². The molecule has 0 saturated heterocycles. The predicted octanol–water partition coefficient (Wildman–Crippen LogP) is -0.760. The summed E-state index contributed by atoms with van der Waals surface area (Å²) in [5.74, 6) is 0.616. The number of fused-ring (bicyclic) bond motifs is 1. The highest BCUT2D eigenvalue weighted by Crippen LogP contribution is 2.09. The smallest absolute Gasteiger partial charge is 0.124 e. The maximum absolute atomic E-state index is 5.58. The maximum atomic E-state index is 5.58. The third-order valence-electron chi connectivity index (χ3n) is 1.67. The van der Waals surface area contributed by atoms with Crippen LogP contribution in [0.3, 0.4) is 0 Å². The van der Waals surface area contributed by atoms with Crippen LogP contribution >= 0.6 is 0 Å². The second kappa shape index (κ2) is 1.83. The number of aliphatic imine (C=N–C) groups is 2. The summed E-state index contributed by atoms with van der Waals surface area (Å²) < 4.78 is 0. The molecule has 2 atom stereocenters. The number of nitrogens with two attached hydrogens (primary N) is 1. The molecule has 52 valence electrons.